The monoisotopic (exact) mass is 646 g/mol. The van der Waals surface area contributed by atoms with Crippen LogP contribution in [-0.4, -0.2) is 35.3 Å². The standard InChI is InChI=1S/C37H30N2O7S/c1-3-45-36(43)31-32(25-9-5-4-6-10-25)38-37-39(33(31)26-14-18-28(44-2)19-15-26)34(40)30(47-37)21-23-12-16-29(17-13-23)46-22-24-8-7-11-27(20-24)35(41)42/h4-21,33H,3,22H2,1-2H3,(H,41,42)/b30-21-/t33-/m1/s1. The molecule has 0 radical (unpaired) electrons. The zero-order valence-electron chi connectivity index (χ0n) is 25.6. The van der Waals surface area contributed by atoms with Gasteiger partial charge in [0.2, 0.25) is 0 Å². The second-order valence-corrected chi connectivity index (χ2v) is 11.6. The number of methoxy groups -OCH3 is 1. The molecule has 6 rings (SSSR count). The Morgan fingerprint density at radius 1 is 0.936 bits per heavy atom. The number of carbonyl (C=O) groups excluding carboxylic acids is 1. The Balaban J connectivity index is 1.40. The molecule has 0 fully saturated rings. The van der Waals surface area contributed by atoms with Crippen molar-refractivity contribution in [3.8, 4) is 11.5 Å². The van der Waals surface area contributed by atoms with Crippen molar-refractivity contribution < 1.29 is 28.9 Å². The van der Waals surface area contributed by atoms with Crippen LogP contribution < -0.4 is 24.4 Å². The van der Waals surface area contributed by atoms with Crippen molar-refractivity contribution in [2.75, 3.05) is 13.7 Å². The van der Waals surface area contributed by atoms with Crippen LogP contribution in [0.1, 0.15) is 45.6 Å². The predicted molar refractivity (Wildman–Crippen MR) is 178 cm³/mol. The Labute approximate surface area is 274 Å². The van der Waals surface area contributed by atoms with E-state index in [4.69, 9.17) is 19.2 Å². The molecule has 1 aromatic heterocycles. The minimum atomic E-state index is -0.995. The smallest absolute Gasteiger partial charge is 0.338 e. The van der Waals surface area contributed by atoms with Crippen LogP contribution in [0.3, 0.4) is 0 Å². The third kappa shape index (κ3) is 6.63. The molecule has 10 heteroatoms. The SMILES string of the molecule is CCOC(=O)C1=C(c2ccccc2)N=c2s/c(=C\c3ccc(OCc4cccc(C(=O)O)c4)cc3)c(=O)n2[C@@H]1c1ccc(OC)cc1. The summed E-state index contributed by atoms with van der Waals surface area (Å²) >= 11 is 1.24. The van der Waals surface area contributed by atoms with Crippen LogP contribution in [0, 0.1) is 0 Å². The third-order valence-electron chi connectivity index (χ3n) is 7.56. The van der Waals surface area contributed by atoms with E-state index in [1.165, 1.54) is 17.4 Å². The van der Waals surface area contributed by atoms with E-state index in [0.717, 1.165) is 16.7 Å². The van der Waals surface area contributed by atoms with Crippen molar-refractivity contribution in [3.63, 3.8) is 0 Å². The van der Waals surface area contributed by atoms with Crippen molar-refractivity contribution >= 4 is 35.0 Å². The van der Waals surface area contributed by atoms with Crippen LogP contribution in [0.25, 0.3) is 11.8 Å². The second-order valence-electron chi connectivity index (χ2n) is 10.6. The summed E-state index contributed by atoms with van der Waals surface area (Å²) in [7, 11) is 1.58. The number of benzene rings is 4. The molecule has 0 saturated heterocycles. The van der Waals surface area contributed by atoms with Gasteiger partial charge in [-0.15, -0.1) is 0 Å². The van der Waals surface area contributed by atoms with Gasteiger partial charge in [0.25, 0.3) is 5.56 Å². The molecule has 0 aliphatic carbocycles. The summed E-state index contributed by atoms with van der Waals surface area (Å²) < 4.78 is 18.7. The predicted octanol–water partition coefficient (Wildman–Crippen LogP) is 5.22. The number of ether oxygens (including phenoxy) is 3. The van der Waals surface area contributed by atoms with Crippen molar-refractivity contribution in [2.24, 2.45) is 4.99 Å². The first-order chi connectivity index (χ1) is 22.9. The number of aromatic carboxylic acids is 1. The Morgan fingerprint density at radius 2 is 1.66 bits per heavy atom. The lowest BCUT2D eigenvalue weighted by Crippen LogP contribution is -2.40. The van der Waals surface area contributed by atoms with E-state index in [1.54, 1.807) is 67.1 Å². The van der Waals surface area contributed by atoms with Gasteiger partial charge in [-0.25, -0.2) is 14.6 Å². The van der Waals surface area contributed by atoms with Gasteiger partial charge in [0.15, 0.2) is 4.80 Å². The number of carboxylic acids is 1. The van der Waals surface area contributed by atoms with Gasteiger partial charge in [-0.3, -0.25) is 9.36 Å². The molecule has 0 spiro atoms. The van der Waals surface area contributed by atoms with Crippen LogP contribution in [0.5, 0.6) is 11.5 Å². The summed E-state index contributed by atoms with van der Waals surface area (Å²) in [5.41, 5.74) is 3.58. The van der Waals surface area contributed by atoms with E-state index in [-0.39, 0.29) is 29.9 Å². The summed E-state index contributed by atoms with van der Waals surface area (Å²) in [6, 6.07) is 29.7. The number of hydrogen-bond donors (Lipinski definition) is 1. The molecule has 4 aromatic carbocycles. The molecule has 236 valence electrons. The van der Waals surface area contributed by atoms with Crippen LogP contribution in [0.15, 0.2) is 118 Å². The lowest BCUT2D eigenvalue weighted by Gasteiger charge is -2.26. The highest BCUT2D eigenvalue weighted by atomic mass is 32.1. The largest absolute Gasteiger partial charge is 0.497 e. The summed E-state index contributed by atoms with van der Waals surface area (Å²) in [5.74, 6) is -0.302. The number of aromatic nitrogens is 1. The first-order valence-electron chi connectivity index (χ1n) is 14.8. The third-order valence-corrected chi connectivity index (χ3v) is 8.55. The molecule has 0 amide bonds. The molecule has 0 saturated carbocycles. The first-order valence-corrected chi connectivity index (χ1v) is 15.7. The maximum absolute atomic E-state index is 14.1. The summed E-state index contributed by atoms with van der Waals surface area (Å²) in [6.07, 6.45) is 1.78. The average Bonchev–Trinajstić information content (AvgIpc) is 3.41. The number of fused-ring (bicyclic) bond motifs is 1. The van der Waals surface area contributed by atoms with Crippen molar-refractivity contribution in [1.29, 1.82) is 0 Å². The van der Waals surface area contributed by atoms with Gasteiger partial charge in [0.1, 0.15) is 18.1 Å². The fraction of sp³-hybridized carbons (Fsp3) is 0.135. The number of hydrogen-bond acceptors (Lipinski definition) is 8. The van der Waals surface area contributed by atoms with E-state index in [9.17, 15) is 19.5 Å². The highest BCUT2D eigenvalue weighted by Gasteiger charge is 2.35. The lowest BCUT2D eigenvalue weighted by atomic mass is 9.93. The number of esters is 1. The number of carbonyl (C=O) groups is 2. The second kappa shape index (κ2) is 13.7. The molecule has 5 aromatic rings. The van der Waals surface area contributed by atoms with E-state index in [1.807, 2.05) is 54.6 Å². The van der Waals surface area contributed by atoms with Gasteiger partial charge >= 0.3 is 11.9 Å². The Bertz CT molecular complexity index is 2150. The van der Waals surface area contributed by atoms with Crippen molar-refractivity contribution in [3.05, 3.63) is 156 Å². The molecule has 0 unspecified atom stereocenters. The highest BCUT2D eigenvalue weighted by molar-refractivity contribution is 7.07. The topological polar surface area (TPSA) is 116 Å². The van der Waals surface area contributed by atoms with Crippen LogP contribution in [0.4, 0.5) is 0 Å². The van der Waals surface area contributed by atoms with Gasteiger partial charge < -0.3 is 19.3 Å². The van der Waals surface area contributed by atoms with Crippen LogP contribution in [0.2, 0.25) is 0 Å². The molecule has 1 N–H and O–H groups in total. The van der Waals surface area contributed by atoms with E-state index < -0.39 is 18.0 Å². The molecule has 1 aliphatic heterocycles. The number of nitrogens with zero attached hydrogens (tertiary/aromatic N) is 2. The minimum absolute atomic E-state index is 0.165. The normalized spacial score (nSPS) is 14.3. The first kappa shape index (κ1) is 31.3. The van der Waals surface area contributed by atoms with E-state index in [2.05, 4.69) is 0 Å². The zero-order valence-corrected chi connectivity index (χ0v) is 26.4. The fourth-order valence-electron chi connectivity index (χ4n) is 5.31. The summed E-state index contributed by atoms with van der Waals surface area (Å²) in [4.78, 5) is 44.3. The Kier molecular flexibility index (Phi) is 9.12. The molecule has 0 bridgehead atoms. The summed E-state index contributed by atoms with van der Waals surface area (Å²) in [5, 5.41) is 9.23. The number of rotatable bonds is 10. The molecule has 1 aliphatic rings. The number of thiazole rings is 1. The maximum Gasteiger partial charge on any atom is 0.338 e. The number of carboxylic acid groups (broad SMARTS) is 1. The Morgan fingerprint density at radius 3 is 2.34 bits per heavy atom. The van der Waals surface area contributed by atoms with Gasteiger partial charge in [0.05, 0.1) is 41.1 Å². The highest BCUT2D eigenvalue weighted by Crippen LogP contribution is 2.35. The van der Waals surface area contributed by atoms with E-state index >= 15 is 0 Å². The molecule has 9 nitrogen and oxygen atoms in total. The van der Waals surface area contributed by atoms with Crippen LogP contribution in [-0.2, 0) is 16.1 Å². The maximum atomic E-state index is 14.1. The Hall–Kier alpha value is -5.74. The summed E-state index contributed by atoms with van der Waals surface area (Å²) in [6.45, 7) is 2.11. The van der Waals surface area contributed by atoms with Crippen molar-refractivity contribution in [1.82, 2.24) is 4.57 Å². The van der Waals surface area contributed by atoms with Crippen molar-refractivity contribution in [2.45, 2.75) is 19.6 Å². The zero-order chi connectivity index (χ0) is 32.9. The fourth-order valence-corrected chi connectivity index (χ4v) is 6.32. The molecule has 2 heterocycles. The average molecular weight is 647 g/mol. The van der Waals surface area contributed by atoms with Gasteiger partial charge in [-0.05, 0) is 66.1 Å². The minimum Gasteiger partial charge on any atom is -0.497 e. The molecular weight excluding hydrogens is 616 g/mol. The van der Waals surface area contributed by atoms with Crippen LogP contribution >= 0.6 is 11.3 Å². The van der Waals surface area contributed by atoms with Gasteiger partial charge in [-0.2, -0.15) is 0 Å². The quantitative estimate of drug-likeness (QED) is 0.207. The molecule has 1 atom stereocenters. The molecular formula is C37H30N2O7S. The lowest BCUT2D eigenvalue weighted by molar-refractivity contribution is -0.138. The van der Waals surface area contributed by atoms with Gasteiger partial charge in [0, 0.05) is 5.56 Å². The van der Waals surface area contributed by atoms with Gasteiger partial charge in [-0.1, -0.05) is 78.1 Å². The van der Waals surface area contributed by atoms with E-state index in [0.29, 0.717) is 32.1 Å². The molecule has 47 heavy (non-hydrogen) atoms.